The molecule has 0 saturated carbocycles. The van der Waals surface area contributed by atoms with Gasteiger partial charge < -0.3 is 14.0 Å². The Kier molecular flexibility index (Phi) is 4.99. The largest absolute Gasteiger partial charge is 0.486 e. The third-order valence-corrected chi connectivity index (χ3v) is 6.11. The van der Waals surface area contributed by atoms with Crippen LogP contribution in [0.2, 0.25) is 0 Å². The summed E-state index contributed by atoms with van der Waals surface area (Å²) in [5.41, 5.74) is 2.20. The predicted octanol–water partition coefficient (Wildman–Crippen LogP) is 3.37. The Morgan fingerprint density at radius 2 is 1.92 bits per heavy atom. The number of carbonyl (C=O) groups excluding carboxylic acids is 1. The van der Waals surface area contributed by atoms with Crippen LogP contribution in [0.25, 0.3) is 10.2 Å². The number of ether oxygens (including phenoxy) is 2. The zero-order valence-electron chi connectivity index (χ0n) is 14.3. The molecule has 0 atom stereocenters. The number of hydrogen-bond acceptors (Lipinski definition) is 5. The van der Waals surface area contributed by atoms with Crippen molar-refractivity contribution in [3.63, 3.8) is 0 Å². The van der Waals surface area contributed by atoms with Gasteiger partial charge in [-0.2, -0.15) is 4.99 Å². The molecule has 0 aliphatic carbocycles. The van der Waals surface area contributed by atoms with E-state index in [1.54, 1.807) is 11.8 Å². The molecule has 134 valence electrons. The fourth-order valence-corrected chi connectivity index (χ4v) is 4.56. The standard InChI is InChI=1S/C19H18N2O3S2/c1-21-14-9-15-16(24-8-7-23-15)10-17(14)26-19(21)20-18(22)12-25-11-13-5-3-2-4-6-13/h2-6,9-10H,7-8,11-12H2,1H3. The fourth-order valence-electron chi connectivity index (χ4n) is 2.74. The maximum Gasteiger partial charge on any atom is 0.258 e. The first kappa shape index (κ1) is 17.2. The number of benzene rings is 2. The molecular weight excluding hydrogens is 368 g/mol. The number of carbonyl (C=O) groups is 1. The molecule has 3 aromatic rings. The second-order valence-electron chi connectivity index (χ2n) is 5.89. The fraction of sp³-hybridized carbons (Fsp3) is 0.263. The van der Waals surface area contributed by atoms with Crippen molar-refractivity contribution in [3.05, 3.63) is 52.8 Å². The molecule has 0 bridgehead atoms. The van der Waals surface area contributed by atoms with Gasteiger partial charge in [-0.1, -0.05) is 41.7 Å². The van der Waals surface area contributed by atoms with Gasteiger partial charge in [0.25, 0.3) is 5.91 Å². The molecule has 4 rings (SSSR count). The van der Waals surface area contributed by atoms with Gasteiger partial charge in [-0.05, 0) is 5.56 Å². The van der Waals surface area contributed by atoms with Crippen LogP contribution in [-0.4, -0.2) is 29.4 Å². The molecule has 0 fully saturated rings. The van der Waals surface area contributed by atoms with E-state index >= 15 is 0 Å². The Labute approximate surface area is 159 Å². The van der Waals surface area contributed by atoms with Gasteiger partial charge in [0.15, 0.2) is 16.3 Å². The van der Waals surface area contributed by atoms with Crippen molar-refractivity contribution in [2.45, 2.75) is 5.75 Å². The van der Waals surface area contributed by atoms with Crippen LogP contribution >= 0.6 is 23.1 Å². The molecule has 0 N–H and O–H groups in total. The van der Waals surface area contributed by atoms with E-state index in [1.165, 1.54) is 16.9 Å². The topological polar surface area (TPSA) is 52.8 Å². The van der Waals surface area contributed by atoms with Gasteiger partial charge in [-0.15, -0.1) is 11.8 Å². The molecule has 2 aromatic carbocycles. The second kappa shape index (κ2) is 7.55. The van der Waals surface area contributed by atoms with Crippen LogP contribution in [0, 0.1) is 0 Å². The van der Waals surface area contributed by atoms with Gasteiger partial charge in [0.2, 0.25) is 0 Å². The van der Waals surface area contributed by atoms with Crippen LogP contribution in [0.15, 0.2) is 47.5 Å². The van der Waals surface area contributed by atoms with E-state index in [0.29, 0.717) is 23.8 Å². The molecule has 7 heteroatoms. The van der Waals surface area contributed by atoms with Crippen LogP contribution in [0.3, 0.4) is 0 Å². The lowest BCUT2D eigenvalue weighted by Crippen LogP contribution is -2.16. The molecule has 2 heterocycles. The number of aromatic nitrogens is 1. The first-order chi connectivity index (χ1) is 12.7. The molecule has 0 radical (unpaired) electrons. The first-order valence-electron chi connectivity index (χ1n) is 8.29. The number of thioether (sulfide) groups is 1. The minimum atomic E-state index is -0.120. The molecule has 1 aliphatic heterocycles. The van der Waals surface area contributed by atoms with Crippen molar-refractivity contribution in [1.29, 1.82) is 0 Å². The summed E-state index contributed by atoms with van der Waals surface area (Å²) < 4.78 is 14.2. The number of hydrogen-bond donors (Lipinski definition) is 0. The number of fused-ring (bicyclic) bond motifs is 2. The summed E-state index contributed by atoms with van der Waals surface area (Å²) in [6.07, 6.45) is 0. The van der Waals surface area contributed by atoms with Crippen LogP contribution < -0.4 is 14.3 Å². The molecule has 1 aromatic heterocycles. The van der Waals surface area contributed by atoms with Crippen molar-refractivity contribution in [3.8, 4) is 11.5 Å². The van der Waals surface area contributed by atoms with Crippen LogP contribution in [0.4, 0.5) is 0 Å². The SMILES string of the molecule is Cn1c(=NC(=O)CSCc2ccccc2)sc2cc3c(cc21)OCCO3. The molecule has 26 heavy (non-hydrogen) atoms. The van der Waals surface area contributed by atoms with Gasteiger partial charge in [0.05, 0.1) is 16.0 Å². The smallest absolute Gasteiger partial charge is 0.258 e. The van der Waals surface area contributed by atoms with Crippen molar-refractivity contribution in [2.24, 2.45) is 12.0 Å². The zero-order valence-corrected chi connectivity index (χ0v) is 15.9. The Hall–Kier alpha value is -2.25. The van der Waals surface area contributed by atoms with E-state index in [1.807, 2.05) is 41.9 Å². The average Bonchev–Trinajstić information content (AvgIpc) is 2.95. The Balaban J connectivity index is 1.51. The number of aryl methyl sites for hydroxylation is 1. The maximum absolute atomic E-state index is 12.2. The van der Waals surface area contributed by atoms with Crippen molar-refractivity contribution < 1.29 is 14.3 Å². The second-order valence-corrected chi connectivity index (χ2v) is 7.89. The lowest BCUT2D eigenvalue weighted by atomic mass is 10.2. The molecular formula is C19H18N2O3S2. The lowest BCUT2D eigenvalue weighted by molar-refractivity contribution is -0.115. The quantitative estimate of drug-likeness (QED) is 0.690. The average molecular weight is 386 g/mol. The molecule has 0 spiro atoms. The lowest BCUT2D eigenvalue weighted by Gasteiger charge is -2.18. The van der Waals surface area contributed by atoms with Gasteiger partial charge in [0, 0.05) is 24.9 Å². The van der Waals surface area contributed by atoms with Crippen molar-refractivity contribution >= 4 is 39.2 Å². The number of thiazole rings is 1. The van der Waals surface area contributed by atoms with Crippen LogP contribution in [0.1, 0.15) is 5.56 Å². The summed E-state index contributed by atoms with van der Waals surface area (Å²) in [5.74, 6) is 2.55. The summed E-state index contributed by atoms with van der Waals surface area (Å²) in [5, 5.41) is 0. The highest BCUT2D eigenvalue weighted by Crippen LogP contribution is 2.35. The third kappa shape index (κ3) is 3.64. The highest BCUT2D eigenvalue weighted by Gasteiger charge is 2.15. The maximum atomic E-state index is 12.2. The first-order valence-corrected chi connectivity index (χ1v) is 10.3. The highest BCUT2D eigenvalue weighted by molar-refractivity contribution is 7.99. The number of rotatable bonds is 4. The molecule has 0 unspecified atom stereocenters. The molecule has 5 nitrogen and oxygen atoms in total. The highest BCUT2D eigenvalue weighted by atomic mass is 32.2. The summed E-state index contributed by atoms with van der Waals surface area (Å²) in [6, 6.07) is 14.0. The van der Waals surface area contributed by atoms with Gasteiger partial charge in [-0.25, -0.2) is 0 Å². The van der Waals surface area contributed by atoms with Crippen LogP contribution in [-0.2, 0) is 17.6 Å². The van der Waals surface area contributed by atoms with E-state index in [0.717, 1.165) is 27.5 Å². The van der Waals surface area contributed by atoms with Crippen molar-refractivity contribution in [1.82, 2.24) is 4.57 Å². The minimum absolute atomic E-state index is 0.120. The van der Waals surface area contributed by atoms with E-state index in [4.69, 9.17) is 9.47 Å². The third-order valence-electron chi connectivity index (χ3n) is 4.03. The number of amides is 1. The van der Waals surface area contributed by atoms with E-state index in [9.17, 15) is 4.79 Å². The summed E-state index contributed by atoms with van der Waals surface area (Å²) in [7, 11) is 1.91. The molecule has 0 saturated heterocycles. The Morgan fingerprint density at radius 1 is 1.19 bits per heavy atom. The summed E-state index contributed by atoms with van der Waals surface area (Å²) >= 11 is 3.06. The van der Waals surface area contributed by atoms with Crippen LogP contribution in [0.5, 0.6) is 11.5 Å². The van der Waals surface area contributed by atoms with E-state index < -0.39 is 0 Å². The van der Waals surface area contributed by atoms with Gasteiger partial charge in [0.1, 0.15) is 13.2 Å². The zero-order chi connectivity index (χ0) is 17.9. The Bertz CT molecular complexity index is 1010. The van der Waals surface area contributed by atoms with E-state index in [2.05, 4.69) is 17.1 Å². The normalized spacial score (nSPS) is 14.0. The summed E-state index contributed by atoms with van der Waals surface area (Å²) in [4.78, 5) is 17.2. The Morgan fingerprint density at radius 3 is 2.69 bits per heavy atom. The van der Waals surface area contributed by atoms with Crippen molar-refractivity contribution in [2.75, 3.05) is 19.0 Å². The number of nitrogens with zero attached hydrogens (tertiary/aromatic N) is 2. The van der Waals surface area contributed by atoms with Gasteiger partial charge >= 0.3 is 0 Å². The summed E-state index contributed by atoms with van der Waals surface area (Å²) in [6.45, 7) is 1.12. The van der Waals surface area contributed by atoms with E-state index in [-0.39, 0.29) is 5.91 Å². The monoisotopic (exact) mass is 386 g/mol. The molecule has 1 amide bonds. The minimum Gasteiger partial charge on any atom is -0.486 e. The molecule has 1 aliphatic rings. The predicted molar refractivity (Wildman–Crippen MR) is 105 cm³/mol. The van der Waals surface area contributed by atoms with Gasteiger partial charge in [-0.3, -0.25) is 4.79 Å².